The van der Waals surface area contributed by atoms with Crippen molar-refractivity contribution in [3.63, 3.8) is 0 Å². The van der Waals surface area contributed by atoms with Crippen molar-refractivity contribution in [3.8, 4) is 17.0 Å². The zero-order valence-corrected chi connectivity index (χ0v) is 14.1. The summed E-state index contributed by atoms with van der Waals surface area (Å²) in [6, 6.07) is 3.91. The highest BCUT2D eigenvalue weighted by Gasteiger charge is 2.27. The number of aromatic nitrogens is 2. The summed E-state index contributed by atoms with van der Waals surface area (Å²) in [7, 11) is 1.53. The van der Waals surface area contributed by atoms with E-state index in [1.54, 1.807) is 6.07 Å². The standard InChI is InChI=1S/C17H16F2N2OS/c1-17(2,3)14-12(9-5-6-10(18)11(19)7-9)13-15(22-4)20-8-21-16(13)23-14/h5-8H,1-4H3. The Bertz CT molecular complexity index is 884. The second-order valence-corrected chi connectivity index (χ2v) is 7.25. The molecule has 120 valence electrons. The fourth-order valence-electron chi connectivity index (χ4n) is 2.52. The molecule has 0 aliphatic rings. The molecule has 0 fully saturated rings. The molecular weight excluding hydrogens is 318 g/mol. The van der Waals surface area contributed by atoms with Crippen molar-refractivity contribution in [1.29, 1.82) is 0 Å². The molecule has 0 saturated heterocycles. The van der Waals surface area contributed by atoms with Gasteiger partial charge in [-0.1, -0.05) is 26.8 Å². The minimum Gasteiger partial charge on any atom is -0.480 e. The Morgan fingerprint density at radius 3 is 2.43 bits per heavy atom. The van der Waals surface area contributed by atoms with Crippen LogP contribution < -0.4 is 4.74 Å². The van der Waals surface area contributed by atoms with E-state index < -0.39 is 11.6 Å². The lowest BCUT2D eigenvalue weighted by atomic mass is 9.88. The molecule has 0 bridgehead atoms. The van der Waals surface area contributed by atoms with Crippen molar-refractivity contribution < 1.29 is 13.5 Å². The van der Waals surface area contributed by atoms with Gasteiger partial charge in [0.05, 0.1) is 12.5 Å². The van der Waals surface area contributed by atoms with Gasteiger partial charge in [-0.15, -0.1) is 11.3 Å². The predicted molar refractivity (Wildman–Crippen MR) is 88.0 cm³/mol. The number of hydrogen-bond acceptors (Lipinski definition) is 4. The maximum atomic E-state index is 13.7. The van der Waals surface area contributed by atoms with Crippen LogP contribution >= 0.6 is 11.3 Å². The zero-order valence-electron chi connectivity index (χ0n) is 13.3. The quantitative estimate of drug-likeness (QED) is 0.665. The van der Waals surface area contributed by atoms with E-state index in [0.717, 1.165) is 26.7 Å². The largest absolute Gasteiger partial charge is 0.480 e. The summed E-state index contributed by atoms with van der Waals surface area (Å²) in [6.45, 7) is 6.21. The second kappa shape index (κ2) is 5.53. The van der Waals surface area contributed by atoms with Gasteiger partial charge in [-0.2, -0.15) is 0 Å². The van der Waals surface area contributed by atoms with Crippen LogP contribution in [0.5, 0.6) is 5.88 Å². The Morgan fingerprint density at radius 2 is 1.83 bits per heavy atom. The minimum atomic E-state index is -0.877. The highest BCUT2D eigenvalue weighted by molar-refractivity contribution is 7.19. The SMILES string of the molecule is COc1ncnc2sc(C(C)(C)C)c(-c3ccc(F)c(F)c3)c12. The molecule has 2 aromatic heterocycles. The molecule has 0 saturated carbocycles. The molecule has 0 N–H and O–H groups in total. The Labute approximate surface area is 137 Å². The molecule has 3 rings (SSSR count). The van der Waals surface area contributed by atoms with Gasteiger partial charge >= 0.3 is 0 Å². The molecular formula is C17H16F2N2OS. The topological polar surface area (TPSA) is 35.0 Å². The molecule has 6 heteroatoms. The lowest BCUT2D eigenvalue weighted by Gasteiger charge is -2.19. The van der Waals surface area contributed by atoms with Crippen LogP contribution in [0.25, 0.3) is 21.3 Å². The van der Waals surface area contributed by atoms with Gasteiger partial charge in [0.25, 0.3) is 0 Å². The van der Waals surface area contributed by atoms with Crippen LogP contribution in [0.15, 0.2) is 24.5 Å². The first-order valence-corrected chi connectivity index (χ1v) is 7.92. The molecule has 1 aromatic carbocycles. The molecule has 0 atom stereocenters. The van der Waals surface area contributed by atoms with Crippen molar-refractivity contribution in [2.75, 3.05) is 7.11 Å². The third-order valence-corrected chi connectivity index (χ3v) is 5.06. The molecule has 0 amide bonds. The minimum absolute atomic E-state index is 0.184. The van der Waals surface area contributed by atoms with Crippen molar-refractivity contribution in [1.82, 2.24) is 9.97 Å². The van der Waals surface area contributed by atoms with E-state index in [1.807, 2.05) is 0 Å². The van der Waals surface area contributed by atoms with Gasteiger partial charge in [0.1, 0.15) is 11.2 Å². The van der Waals surface area contributed by atoms with Crippen molar-refractivity contribution >= 4 is 21.6 Å². The van der Waals surface area contributed by atoms with Crippen LogP contribution in [0.4, 0.5) is 8.78 Å². The van der Waals surface area contributed by atoms with E-state index in [1.165, 1.54) is 30.8 Å². The van der Waals surface area contributed by atoms with Gasteiger partial charge in [0.2, 0.25) is 5.88 Å². The van der Waals surface area contributed by atoms with Gasteiger partial charge in [-0.05, 0) is 23.1 Å². The van der Waals surface area contributed by atoms with Crippen molar-refractivity contribution in [2.24, 2.45) is 0 Å². The van der Waals surface area contributed by atoms with Crippen LogP contribution in [-0.2, 0) is 5.41 Å². The van der Waals surface area contributed by atoms with E-state index in [4.69, 9.17) is 4.74 Å². The summed E-state index contributed by atoms with van der Waals surface area (Å²) >= 11 is 1.52. The normalized spacial score (nSPS) is 11.9. The molecule has 0 aliphatic carbocycles. The number of rotatable bonds is 2. The highest BCUT2D eigenvalue weighted by atomic mass is 32.1. The van der Waals surface area contributed by atoms with Crippen LogP contribution in [0.3, 0.4) is 0 Å². The Kier molecular flexibility index (Phi) is 3.80. The van der Waals surface area contributed by atoms with E-state index in [-0.39, 0.29) is 5.41 Å². The van der Waals surface area contributed by atoms with Crippen LogP contribution in [0.2, 0.25) is 0 Å². The molecule has 3 nitrogen and oxygen atoms in total. The smallest absolute Gasteiger partial charge is 0.225 e. The Balaban J connectivity index is 2.42. The van der Waals surface area contributed by atoms with Crippen LogP contribution in [-0.4, -0.2) is 17.1 Å². The monoisotopic (exact) mass is 334 g/mol. The zero-order chi connectivity index (χ0) is 16.8. The lowest BCUT2D eigenvalue weighted by molar-refractivity contribution is 0.403. The molecule has 0 aliphatic heterocycles. The fourth-order valence-corrected chi connectivity index (χ4v) is 3.73. The average molecular weight is 334 g/mol. The first-order valence-electron chi connectivity index (χ1n) is 7.10. The highest BCUT2D eigenvalue weighted by Crippen LogP contribution is 2.46. The number of nitrogens with zero attached hydrogens (tertiary/aromatic N) is 2. The summed E-state index contributed by atoms with van der Waals surface area (Å²) in [4.78, 5) is 10.3. The third kappa shape index (κ3) is 2.67. The van der Waals surface area contributed by atoms with Gasteiger partial charge in [0.15, 0.2) is 11.6 Å². The van der Waals surface area contributed by atoms with E-state index in [0.29, 0.717) is 11.4 Å². The van der Waals surface area contributed by atoms with Gasteiger partial charge in [0, 0.05) is 10.4 Å². The van der Waals surface area contributed by atoms with Crippen molar-refractivity contribution in [3.05, 3.63) is 41.0 Å². The summed E-state index contributed by atoms with van der Waals surface area (Å²) in [5, 5.41) is 0.732. The molecule has 0 spiro atoms. The number of ether oxygens (including phenoxy) is 1. The van der Waals surface area contributed by atoms with E-state index >= 15 is 0 Å². The van der Waals surface area contributed by atoms with Crippen LogP contribution in [0.1, 0.15) is 25.6 Å². The van der Waals surface area contributed by atoms with E-state index in [2.05, 4.69) is 30.7 Å². The molecule has 0 unspecified atom stereocenters. The summed E-state index contributed by atoms with van der Waals surface area (Å²) < 4.78 is 32.4. The summed E-state index contributed by atoms with van der Waals surface area (Å²) in [5.74, 6) is -1.31. The molecule has 0 radical (unpaired) electrons. The third-order valence-electron chi connectivity index (χ3n) is 3.54. The Morgan fingerprint density at radius 1 is 1.09 bits per heavy atom. The van der Waals surface area contributed by atoms with Gasteiger partial charge in [-0.25, -0.2) is 18.7 Å². The maximum absolute atomic E-state index is 13.7. The predicted octanol–water partition coefficient (Wildman–Crippen LogP) is 4.94. The fraction of sp³-hybridized carbons (Fsp3) is 0.294. The van der Waals surface area contributed by atoms with Crippen LogP contribution in [0, 0.1) is 11.6 Å². The number of benzene rings is 1. The molecule has 2 heterocycles. The van der Waals surface area contributed by atoms with E-state index in [9.17, 15) is 8.78 Å². The summed E-state index contributed by atoms with van der Waals surface area (Å²) in [6.07, 6.45) is 1.44. The second-order valence-electron chi connectivity index (χ2n) is 6.25. The maximum Gasteiger partial charge on any atom is 0.225 e. The number of thiophene rings is 1. The Hall–Kier alpha value is -2.08. The van der Waals surface area contributed by atoms with Gasteiger partial charge in [-0.3, -0.25) is 0 Å². The number of hydrogen-bond donors (Lipinski definition) is 0. The number of halogens is 2. The summed E-state index contributed by atoms with van der Waals surface area (Å²) in [5.41, 5.74) is 1.21. The molecule has 23 heavy (non-hydrogen) atoms. The first-order chi connectivity index (χ1) is 10.8. The van der Waals surface area contributed by atoms with Crippen molar-refractivity contribution in [2.45, 2.75) is 26.2 Å². The molecule has 3 aromatic rings. The number of fused-ring (bicyclic) bond motifs is 1. The number of methoxy groups -OCH3 is 1. The average Bonchev–Trinajstić information content (AvgIpc) is 2.89. The lowest BCUT2D eigenvalue weighted by Crippen LogP contribution is -2.10. The van der Waals surface area contributed by atoms with Gasteiger partial charge < -0.3 is 4.74 Å². The first kappa shape index (κ1) is 15.8.